The zero-order valence-electron chi connectivity index (χ0n) is 10.5. The van der Waals surface area contributed by atoms with Gasteiger partial charge < -0.3 is 4.90 Å². The molecule has 0 unspecified atom stereocenters. The Hall–Kier alpha value is -1.35. The van der Waals surface area contributed by atoms with Gasteiger partial charge in [-0.3, -0.25) is 4.98 Å². The van der Waals surface area contributed by atoms with E-state index in [1.807, 2.05) is 18.5 Å². The number of aromatic nitrogens is 1. The first-order valence-electron chi connectivity index (χ1n) is 6.24. The molecule has 2 rings (SSSR count). The van der Waals surface area contributed by atoms with Gasteiger partial charge in [0.05, 0.1) is 11.9 Å². The molecule has 2 nitrogen and oxygen atoms in total. The number of pyridine rings is 1. The normalized spacial score (nSPS) is 10.3. The first-order chi connectivity index (χ1) is 8.81. The molecule has 0 atom stereocenters. The Morgan fingerprint density at radius 1 is 1.11 bits per heavy atom. The van der Waals surface area contributed by atoms with E-state index in [9.17, 15) is 0 Å². The van der Waals surface area contributed by atoms with Crippen molar-refractivity contribution in [1.29, 1.82) is 0 Å². The summed E-state index contributed by atoms with van der Waals surface area (Å²) in [7, 11) is 0. The largest absolute Gasteiger partial charge is 0.340 e. The van der Waals surface area contributed by atoms with Gasteiger partial charge >= 0.3 is 0 Å². The number of para-hydroxylation sites is 1. The maximum Gasteiger partial charge on any atom is 0.0608 e. The standard InChI is InChI=1S/C15H17BrN2/c1-2-3-9-18(14-7-5-4-6-8-14)15-10-13(16)11-17-12-15/h4-8,10-12H,2-3,9H2,1H3. The molecular weight excluding hydrogens is 288 g/mol. The molecule has 1 heterocycles. The second kappa shape index (κ2) is 6.55. The average molecular weight is 305 g/mol. The van der Waals surface area contributed by atoms with Crippen LogP contribution in [0, 0.1) is 0 Å². The summed E-state index contributed by atoms with van der Waals surface area (Å²) in [5, 5.41) is 0. The van der Waals surface area contributed by atoms with Gasteiger partial charge in [-0.1, -0.05) is 31.5 Å². The van der Waals surface area contributed by atoms with Gasteiger partial charge in [-0.15, -0.1) is 0 Å². The van der Waals surface area contributed by atoms with Crippen LogP contribution in [0.25, 0.3) is 0 Å². The smallest absolute Gasteiger partial charge is 0.0608 e. The van der Waals surface area contributed by atoms with Crippen molar-refractivity contribution < 1.29 is 0 Å². The van der Waals surface area contributed by atoms with Gasteiger partial charge in [0.1, 0.15) is 0 Å². The van der Waals surface area contributed by atoms with Crippen molar-refractivity contribution in [3.8, 4) is 0 Å². The lowest BCUT2D eigenvalue weighted by atomic mass is 10.2. The summed E-state index contributed by atoms with van der Waals surface area (Å²) in [5.74, 6) is 0. The molecule has 0 aliphatic rings. The Balaban J connectivity index is 2.31. The lowest BCUT2D eigenvalue weighted by molar-refractivity contribution is 0.784. The molecule has 0 spiro atoms. The fourth-order valence-electron chi connectivity index (χ4n) is 1.88. The third-order valence-corrected chi connectivity index (χ3v) is 3.24. The number of benzene rings is 1. The Kier molecular flexibility index (Phi) is 4.76. The van der Waals surface area contributed by atoms with Gasteiger partial charge in [-0.25, -0.2) is 0 Å². The molecule has 0 N–H and O–H groups in total. The monoisotopic (exact) mass is 304 g/mol. The summed E-state index contributed by atoms with van der Waals surface area (Å²) >= 11 is 3.48. The molecule has 0 bridgehead atoms. The topological polar surface area (TPSA) is 16.1 Å². The molecule has 1 aromatic heterocycles. The highest BCUT2D eigenvalue weighted by Gasteiger charge is 2.08. The van der Waals surface area contributed by atoms with E-state index in [4.69, 9.17) is 0 Å². The summed E-state index contributed by atoms with van der Waals surface area (Å²) < 4.78 is 1.01. The Morgan fingerprint density at radius 2 is 1.89 bits per heavy atom. The maximum atomic E-state index is 4.25. The van der Waals surface area contributed by atoms with E-state index >= 15 is 0 Å². The van der Waals surface area contributed by atoms with Gasteiger partial charge in [0.25, 0.3) is 0 Å². The molecule has 0 amide bonds. The van der Waals surface area contributed by atoms with Crippen molar-refractivity contribution in [2.75, 3.05) is 11.4 Å². The molecule has 1 aromatic carbocycles. The summed E-state index contributed by atoms with van der Waals surface area (Å²) in [5.41, 5.74) is 2.34. The quantitative estimate of drug-likeness (QED) is 0.790. The minimum atomic E-state index is 1.01. The van der Waals surface area contributed by atoms with E-state index in [-0.39, 0.29) is 0 Å². The predicted molar refractivity (Wildman–Crippen MR) is 80.3 cm³/mol. The van der Waals surface area contributed by atoms with Crippen LogP contribution in [0.1, 0.15) is 19.8 Å². The highest BCUT2D eigenvalue weighted by Crippen LogP contribution is 2.26. The highest BCUT2D eigenvalue weighted by atomic mass is 79.9. The lowest BCUT2D eigenvalue weighted by Gasteiger charge is -2.24. The summed E-state index contributed by atoms with van der Waals surface area (Å²) in [6.07, 6.45) is 6.08. The number of anilines is 2. The third kappa shape index (κ3) is 3.33. The van der Waals surface area contributed by atoms with Crippen LogP contribution in [-0.2, 0) is 0 Å². The fourth-order valence-corrected chi connectivity index (χ4v) is 2.23. The van der Waals surface area contributed by atoms with Gasteiger partial charge in [0, 0.05) is 22.9 Å². The van der Waals surface area contributed by atoms with Crippen LogP contribution in [0.5, 0.6) is 0 Å². The second-order valence-corrected chi connectivity index (χ2v) is 5.12. The molecule has 18 heavy (non-hydrogen) atoms. The van der Waals surface area contributed by atoms with Crippen molar-refractivity contribution in [2.24, 2.45) is 0 Å². The molecule has 3 heteroatoms. The second-order valence-electron chi connectivity index (χ2n) is 4.20. The van der Waals surface area contributed by atoms with Crippen LogP contribution in [0.3, 0.4) is 0 Å². The predicted octanol–water partition coefficient (Wildman–Crippen LogP) is 4.78. The zero-order valence-corrected chi connectivity index (χ0v) is 12.1. The lowest BCUT2D eigenvalue weighted by Crippen LogP contribution is -2.18. The van der Waals surface area contributed by atoms with Crippen molar-refractivity contribution in [3.63, 3.8) is 0 Å². The van der Waals surface area contributed by atoms with Crippen LogP contribution in [0.2, 0.25) is 0 Å². The van der Waals surface area contributed by atoms with Crippen LogP contribution < -0.4 is 4.90 Å². The van der Waals surface area contributed by atoms with Gasteiger partial charge in [0.2, 0.25) is 0 Å². The molecule has 0 saturated carbocycles. The minimum Gasteiger partial charge on any atom is -0.340 e. The summed E-state index contributed by atoms with van der Waals surface area (Å²) in [6.45, 7) is 3.22. The third-order valence-electron chi connectivity index (χ3n) is 2.81. The van der Waals surface area contributed by atoms with E-state index in [2.05, 4.69) is 63.1 Å². The fraction of sp³-hybridized carbons (Fsp3) is 0.267. The number of hydrogen-bond acceptors (Lipinski definition) is 2. The minimum absolute atomic E-state index is 1.01. The molecule has 0 aliphatic carbocycles. The maximum absolute atomic E-state index is 4.25. The Labute approximate surface area is 117 Å². The van der Waals surface area contributed by atoms with Crippen molar-refractivity contribution >= 4 is 27.3 Å². The van der Waals surface area contributed by atoms with Crippen molar-refractivity contribution in [3.05, 3.63) is 53.3 Å². The SMILES string of the molecule is CCCCN(c1ccccc1)c1cncc(Br)c1. The average Bonchev–Trinajstić information content (AvgIpc) is 2.40. The number of hydrogen-bond donors (Lipinski definition) is 0. The van der Waals surface area contributed by atoms with Gasteiger partial charge in [-0.05, 0) is 40.5 Å². The summed E-state index contributed by atoms with van der Waals surface area (Å²) in [6, 6.07) is 12.6. The van der Waals surface area contributed by atoms with E-state index < -0.39 is 0 Å². The number of rotatable bonds is 5. The number of unbranched alkanes of at least 4 members (excludes halogenated alkanes) is 1. The van der Waals surface area contributed by atoms with Crippen LogP contribution >= 0.6 is 15.9 Å². The summed E-state index contributed by atoms with van der Waals surface area (Å²) in [4.78, 5) is 6.56. The van der Waals surface area contributed by atoms with Crippen LogP contribution in [-0.4, -0.2) is 11.5 Å². The highest BCUT2D eigenvalue weighted by molar-refractivity contribution is 9.10. The van der Waals surface area contributed by atoms with E-state index in [0.29, 0.717) is 0 Å². The Morgan fingerprint density at radius 3 is 2.56 bits per heavy atom. The number of nitrogens with zero attached hydrogens (tertiary/aromatic N) is 2. The molecule has 2 aromatic rings. The van der Waals surface area contributed by atoms with E-state index in [0.717, 1.165) is 16.7 Å². The first-order valence-corrected chi connectivity index (χ1v) is 7.03. The molecule has 0 aliphatic heterocycles. The molecule has 0 radical (unpaired) electrons. The van der Waals surface area contributed by atoms with Crippen molar-refractivity contribution in [2.45, 2.75) is 19.8 Å². The van der Waals surface area contributed by atoms with Gasteiger partial charge in [0.15, 0.2) is 0 Å². The molecular formula is C15H17BrN2. The zero-order chi connectivity index (χ0) is 12.8. The van der Waals surface area contributed by atoms with E-state index in [1.54, 1.807) is 0 Å². The first kappa shape index (κ1) is 13.1. The van der Waals surface area contributed by atoms with Gasteiger partial charge in [-0.2, -0.15) is 0 Å². The number of halogens is 1. The Bertz CT molecular complexity index is 485. The van der Waals surface area contributed by atoms with Crippen LogP contribution in [0.4, 0.5) is 11.4 Å². The van der Waals surface area contributed by atoms with Crippen LogP contribution in [0.15, 0.2) is 53.3 Å². The van der Waals surface area contributed by atoms with E-state index in [1.165, 1.54) is 18.5 Å². The molecule has 0 fully saturated rings. The molecule has 94 valence electrons. The van der Waals surface area contributed by atoms with Crippen molar-refractivity contribution in [1.82, 2.24) is 4.98 Å². The molecule has 0 saturated heterocycles.